The Morgan fingerprint density at radius 1 is 1.42 bits per heavy atom. The Morgan fingerprint density at radius 2 is 2.21 bits per heavy atom. The quantitative estimate of drug-likeness (QED) is 0.439. The van der Waals surface area contributed by atoms with Gasteiger partial charge in [-0.2, -0.15) is 11.8 Å². The molecule has 1 aromatic carbocycles. The minimum atomic E-state index is -0.184. The molecule has 0 saturated carbocycles. The first-order valence-electron chi connectivity index (χ1n) is 5.90. The minimum absolute atomic E-state index is 0.184. The molecule has 2 aromatic rings. The summed E-state index contributed by atoms with van der Waals surface area (Å²) in [6, 6.07) is 9.43. The third-order valence-electron chi connectivity index (χ3n) is 2.70. The summed E-state index contributed by atoms with van der Waals surface area (Å²) >= 11 is 1.68. The van der Waals surface area contributed by atoms with Gasteiger partial charge in [-0.3, -0.25) is 4.79 Å². The van der Waals surface area contributed by atoms with Crippen LogP contribution in [-0.2, 0) is 0 Å². The number of nitrogens with two attached hydrogens (primary N) is 1. The SMILES string of the molecule is CSCCNC(=O)c1cc2ccccc2c(NN)n1. The van der Waals surface area contributed by atoms with E-state index in [4.69, 9.17) is 5.84 Å². The van der Waals surface area contributed by atoms with Crippen LogP contribution in [0.4, 0.5) is 5.82 Å². The van der Waals surface area contributed by atoms with Gasteiger partial charge in [0.1, 0.15) is 11.5 Å². The lowest BCUT2D eigenvalue weighted by Crippen LogP contribution is -2.27. The summed E-state index contributed by atoms with van der Waals surface area (Å²) in [6.45, 7) is 0.625. The Kier molecular flexibility index (Phi) is 4.59. The number of amides is 1. The van der Waals surface area contributed by atoms with Crippen LogP contribution < -0.4 is 16.6 Å². The van der Waals surface area contributed by atoms with Gasteiger partial charge in [0.2, 0.25) is 0 Å². The lowest BCUT2D eigenvalue weighted by atomic mass is 10.1. The number of nitrogens with one attached hydrogen (secondary N) is 2. The van der Waals surface area contributed by atoms with Gasteiger partial charge in [-0.05, 0) is 17.7 Å². The van der Waals surface area contributed by atoms with Crippen LogP contribution >= 0.6 is 11.8 Å². The number of hydrazine groups is 1. The molecule has 0 radical (unpaired) electrons. The van der Waals surface area contributed by atoms with E-state index in [1.165, 1.54) is 0 Å². The molecule has 0 fully saturated rings. The average Bonchev–Trinajstić information content (AvgIpc) is 2.46. The van der Waals surface area contributed by atoms with Crippen molar-refractivity contribution in [2.75, 3.05) is 24.0 Å². The van der Waals surface area contributed by atoms with Crippen molar-refractivity contribution in [3.63, 3.8) is 0 Å². The zero-order valence-electron chi connectivity index (χ0n) is 10.6. The Labute approximate surface area is 115 Å². The van der Waals surface area contributed by atoms with Gasteiger partial charge in [0, 0.05) is 17.7 Å². The number of rotatable bonds is 5. The maximum Gasteiger partial charge on any atom is 0.270 e. The molecule has 19 heavy (non-hydrogen) atoms. The second-order valence-electron chi connectivity index (χ2n) is 3.97. The highest BCUT2D eigenvalue weighted by atomic mass is 32.2. The number of benzene rings is 1. The maximum atomic E-state index is 12.0. The standard InChI is InChI=1S/C13H16N4OS/c1-19-7-6-15-13(18)11-8-9-4-2-3-5-10(9)12(16-11)17-14/h2-5,8H,6-7,14H2,1H3,(H,15,18)(H,16,17). The second kappa shape index (κ2) is 6.40. The molecule has 0 aliphatic heterocycles. The van der Waals surface area contributed by atoms with Crippen LogP contribution in [0.5, 0.6) is 0 Å². The van der Waals surface area contributed by atoms with Crippen LogP contribution in [0, 0.1) is 0 Å². The molecule has 1 amide bonds. The molecule has 2 rings (SSSR count). The fourth-order valence-electron chi connectivity index (χ4n) is 1.78. The van der Waals surface area contributed by atoms with E-state index >= 15 is 0 Å². The van der Waals surface area contributed by atoms with E-state index < -0.39 is 0 Å². The second-order valence-corrected chi connectivity index (χ2v) is 4.96. The van der Waals surface area contributed by atoms with Crippen LogP contribution in [0.3, 0.4) is 0 Å². The first-order valence-corrected chi connectivity index (χ1v) is 7.29. The molecule has 100 valence electrons. The van der Waals surface area contributed by atoms with Crippen molar-refractivity contribution in [2.24, 2.45) is 5.84 Å². The van der Waals surface area contributed by atoms with E-state index in [0.717, 1.165) is 16.5 Å². The van der Waals surface area contributed by atoms with Gasteiger partial charge in [-0.15, -0.1) is 0 Å². The fourth-order valence-corrected chi connectivity index (χ4v) is 2.09. The first-order chi connectivity index (χ1) is 9.26. The summed E-state index contributed by atoms with van der Waals surface area (Å²) in [4.78, 5) is 16.2. The average molecular weight is 276 g/mol. The molecule has 0 spiro atoms. The molecule has 6 heteroatoms. The largest absolute Gasteiger partial charge is 0.350 e. The van der Waals surface area contributed by atoms with Gasteiger partial charge in [-0.25, -0.2) is 10.8 Å². The number of fused-ring (bicyclic) bond motifs is 1. The lowest BCUT2D eigenvalue weighted by molar-refractivity contribution is 0.0951. The summed E-state index contributed by atoms with van der Waals surface area (Å²) < 4.78 is 0. The molecular formula is C13H16N4OS. The number of nitrogens with zero attached hydrogens (tertiary/aromatic N) is 1. The van der Waals surface area contributed by atoms with Gasteiger partial charge in [0.15, 0.2) is 0 Å². The number of nitrogen functional groups attached to an aromatic ring is 1. The predicted molar refractivity (Wildman–Crippen MR) is 80.3 cm³/mol. The summed E-state index contributed by atoms with van der Waals surface area (Å²) in [5.41, 5.74) is 2.91. The van der Waals surface area contributed by atoms with Crippen molar-refractivity contribution < 1.29 is 4.79 Å². The van der Waals surface area contributed by atoms with Crippen molar-refractivity contribution in [3.8, 4) is 0 Å². The van der Waals surface area contributed by atoms with E-state index in [0.29, 0.717) is 18.1 Å². The highest BCUT2D eigenvalue weighted by molar-refractivity contribution is 7.98. The molecule has 0 atom stereocenters. The molecule has 0 aliphatic rings. The highest BCUT2D eigenvalue weighted by Crippen LogP contribution is 2.21. The summed E-state index contributed by atoms with van der Waals surface area (Å²) in [5.74, 6) is 6.66. The van der Waals surface area contributed by atoms with E-state index in [2.05, 4.69) is 15.7 Å². The normalized spacial score (nSPS) is 10.4. The van der Waals surface area contributed by atoms with E-state index in [-0.39, 0.29) is 5.91 Å². The third-order valence-corrected chi connectivity index (χ3v) is 3.31. The zero-order chi connectivity index (χ0) is 13.7. The predicted octanol–water partition coefficient (Wildman–Crippen LogP) is 1.61. The van der Waals surface area contributed by atoms with E-state index in [1.807, 2.05) is 30.5 Å². The Morgan fingerprint density at radius 3 is 2.95 bits per heavy atom. The summed E-state index contributed by atoms with van der Waals surface area (Å²) in [5, 5.41) is 4.65. The molecule has 1 aromatic heterocycles. The van der Waals surface area contributed by atoms with Gasteiger partial charge in [0.05, 0.1) is 0 Å². The Bertz CT molecular complexity index is 588. The Hall–Kier alpha value is -1.79. The third kappa shape index (κ3) is 3.15. The highest BCUT2D eigenvalue weighted by Gasteiger charge is 2.10. The number of carbonyl (C=O) groups is 1. The number of pyridine rings is 1. The van der Waals surface area contributed by atoms with Crippen LogP contribution in [-0.4, -0.2) is 29.4 Å². The number of hydrogen-bond acceptors (Lipinski definition) is 5. The maximum absolute atomic E-state index is 12.0. The number of hydrogen-bond donors (Lipinski definition) is 3. The molecule has 0 aliphatic carbocycles. The minimum Gasteiger partial charge on any atom is -0.350 e. The molecule has 0 bridgehead atoms. The van der Waals surface area contributed by atoms with Gasteiger partial charge in [-0.1, -0.05) is 24.3 Å². The van der Waals surface area contributed by atoms with Crippen LogP contribution in [0.15, 0.2) is 30.3 Å². The van der Waals surface area contributed by atoms with Gasteiger partial charge < -0.3 is 10.7 Å². The number of carbonyl (C=O) groups excluding carboxylic acids is 1. The topological polar surface area (TPSA) is 80.0 Å². The van der Waals surface area contributed by atoms with Crippen molar-refractivity contribution in [1.82, 2.24) is 10.3 Å². The summed E-state index contributed by atoms with van der Waals surface area (Å²) in [7, 11) is 0. The molecule has 5 nitrogen and oxygen atoms in total. The van der Waals surface area contributed by atoms with E-state index in [9.17, 15) is 4.79 Å². The van der Waals surface area contributed by atoms with Crippen LogP contribution in [0.25, 0.3) is 10.8 Å². The number of anilines is 1. The fraction of sp³-hybridized carbons (Fsp3) is 0.231. The van der Waals surface area contributed by atoms with Crippen molar-refractivity contribution in [2.45, 2.75) is 0 Å². The molecule has 0 saturated heterocycles. The Balaban J connectivity index is 2.31. The number of aromatic nitrogens is 1. The smallest absolute Gasteiger partial charge is 0.270 e. The van der Waals surface area contributed by atoms with Gasteiger partial charge in [0.25, 0.3) is 5.91 Å². The van der Waals surface area contributed by atoms with Crippen LogP contribution in [0.2, 0.25) is 0 Å². The van der Waals surface area contributed by atoms with Gasteiger partial charge >= 0.3 is 0 Å². The number of thioether (sulfide) groups is 1. The monoisotopic (exact) mass is 276 g/mol. The summed E-state index contributed by atoms with van der Waals surface area (Å²) in [6.07, 6.45) is 2.00. The molecule has 0 unspecified atom stereocenters. The first kappa shape index (κ1) is 13.6. The molecular weight excluding hydrogens is 260 g/mol. The van der Waals surface area contributed by atoms with E-state index in [1.54, 1.807) is 17.8 Å². The molecule has 4 N–H and O–H groups in total. The lowest BCUT2D eigenvalue weighted by Gasteiger charge is -2.09. The molecule has 1 heterocycles. The zero-order valence-corrected chi connectivity index (χ0v) is 11.5. The van der Waals surface area contributed by atoms with Crippen molar-refractivity contribution in [1.29, 1.82) is 0 Å². The van der Waals surface area contributed by atoms with Crippen molar-refractivity contribution >= 4 is 34.3 Å². The van der Waals surface area contributed by atoms with Crippen molar-refractivity contribution in [3.05, 3.63) is 36.0 Å². The van der Waals surface area contributed by atoms with Crippen LogP contribution in [0.1, 0.15) is 10.5 Å².